The van der Waals surface area contributed by atoms with Crippen molar-refractivity contribution in [2.24, 2.45) is 0 Å². The second-order valence-electron chi connectivity index (χ2n) is 5.71. The molecule has 21 heavy (non-hydrogen) atoms. The number of nitrogens with zero attached hydrogens (tertiary/aromatic N) is 1. The van der Waals surface area contributed by atoms with Gasteiger partial charge in [0, 0.05) is 17.6 Å². The fourth-order valence-corrected chi connectivity index (χ4v) is 2.56. The number of rotatable bonds is 7. The monoisotopic (exact) mass is 292 g/mol. The minimum absolute atomic E-state index is 0.182. The van der Waals surface area contributed by atoms with Crippen molar-refractivity contribution >= 4 is 6.09 Å². The van der Waals surface area contributed by atoms with E-state index in [1.54, 1.807) is 12.0 Å². The Morgan fingerprint density at radius 3 is 2.81 bits per heavy atom. The zero-order chi connectivity index (χ0) is 15.3. The summed E-state index contributed by atoms with van der Waals surface area (Å²) >= 11 is 0. The number of cyclic esters (lactones) is 1. The third kappa shape index (κ3) is 3.88. The summed E-state index contributed by atoms with van der Waals surface area (Å²) in [5.41, 5.74) is 0.950. The lowest BCUT2D eigenvalue weighted by atomic mass is 9.93. The highest BCUT2D eigenvalue weighted by Gasteiger charge is 2.24. The average Bonchev–Trinajstić information content (AvgIpc) is 2.89. The zero-order valence-corrected chi connectivity index (χ0v) is 13.0. The molecule has 0 aromatic heterocycles. The summed E-state index contributed by atoms with van der Waals surface area (Å²) in [5, 5.41) is 3.53. The Hall–Kier alpha value is -1.75. The highest BCUT2D eigenvalue weighted by atomic mass is 16.6. The SMILES string of the molecule is COc1ccccc1C(C)(C)NCCCN1CCOC1=O. The van der Waals surface area contributed by atoms with Gasteiger partial charge in [0.2, 0.25) is 0 Å². The molecule has 0 unspecified atom stereocenters. The molecule has 5 nitrogen and oxygen atoms in total. The first kappa shape index (κ1) is 15.6. The van der Waals surface area contributed by atoms with E-state index < -0.39 is 0 Å². The third-order valence-corrected chi connectivity index (χ3v) is 3.80. The average molecular weight is 292 g/mol. The maximum atomic E-state index is 11.3. The van der Waals surface area contributed by atoms with Gasteiger partial charge >= 0.3 is 6.09 Å². The molecule has 0 radical (unpaired) electrons. The van der Waals surface area contributed by atoms with Crippen LogP contribution in [-0.2, 0) is 10.3 Å². The van der Waals surface area contributed by atoms with E-state index in [1.807, 2.05) is 18.2 Å². The van der Waals surface area contributed by atoms with E-state index in [2.05, 4.69) is 25.2 Å². The molecule has 0 bridgehead atoms. The van der Waals surface area contributed by atoms with Gasteiger partial charge in [-0.05, 0) is 32.9 Å². The van der Waals surface area contributed by atoms with E-state index in [4.69, 9.17) is 9.47 Å². The van der Waals surface area contributed by atoms with Crippen molar-refractivity contribution in [2.45, 2.75) is 25.8 Å². The molecule has 1 aliphatic rings. The molecule has 1 saturated heterocycles. The molecule has 1 amide bonds. The first-order chi connectivity index (χ1) is 10.0. The number of benzene rings is 1. The van der Waals surface area contributed by atoms with Crippen LogP contribution in [0.25, 0.3) is 0 Å². The van der Waals surface area contributed by atoms with Gasteiger partial charge in [0.25, 0.3) is 0 Å². The summed E-state index contributed by atoms with van der Waals surface area (Å²) in [7, 11) is 1.69. The number of nitrogens with one attached hydrogen (secondary N) is 1. The van der Waals surface area contributed by atoms with E-state index in [0.717, 1.165) is 30.8 Å². The second kappa shape index (κ2) is 6.80. The van der Waals surface area contributed by atoms with Crippen LogP contribution in [0.4, 0.5) is 4.79 Å². The Labute approximate surface area is 126 Å². The molecular weight excluding hydrogens is 268 g/mol. The topological polar surface area (TPSA) is 50.8 Å². The number of hydrogen-bond donors (Lipinski definition) is 1. The van der Waals surface area contributed by atoms with Crippen LogP contribution in [0, 0.1) is 0 Å². The van der Waals surface area contributed by atoms with Gasteiger partial charge in [0.05, 0.1) is 13.7 Å². The number of carbonyl (C=O) groups excluding carboxylic acids is 1. The van der Waals surface area contributed by atoms with Crippen LogP contribution in [0.3, 0.4) is 0 Å². The Morgan fingerprint density at radius 1 is 1.38 bits per heavy atom. The molecule has 0 spiro atoms. The molecule has 2 rings (SSSR count). The van der Waals surface area contributed by atoms with Gasteiger partial charge in [0.15, 0.2) is 0 Å². The Kier molecular flexibility index (Phi) is 5.07. The van der Waals surface area contributed by atoms with E-state index in [9.17, 15) is 4.79 Å². The lowest BCUT2D eigenvalue weighted by Crippen LogP contribution is -2.38. The van der Waals surface area contributed by atoms with E-state index in [-0.39, 0.29) is 11.6 Å². The summed E-state index contributed by atoms with van der Waals surface area (Å²) in [6, 6.07) is 8.03. The number of hydrogen-bond acceptors (Lipinski definition) is 4. The standard InChI is InChI=1S/C16H24N2O3/c1-16(2,13-7-4-5-8-14(13)20-3)17-9-6-10-18-11-12-21-15(18)19/h4-5,7-8,17H,6,9-12H2,1-3H3. The number of ether oxygens (including phenoxy) is 2. The minimum Gasteiger partial charge on any atom is -0.496 e. The second-order valence-corrected chi connectivity index (χ2v) is 5.71. The van der Waals surface area contributed by atoms with Crippen molar-refractivity contribution in [2.75, 3.05) is 33.4 Å². The van der Waals surface area contributed by atoms with E-state index in [1.165, 1.54) is 0 Å². The largest absolute Gasteiger partial charge is 0.496 e. The highest BCUT2D eigenvalue weighted by Crippen LogP contribution is 2.29. The van der Waals surface area contributed by atoms with Gasteiger partial charge in [-0.1, -0.05) is 18.2 Å². The molecule has 0 atom stereocenters. The van der Waals surface area contributed by atoms with Gasteiger partial charge in [0.1, 0.15) is 12.4 Å². The van der Waals surface area contributed by atoms with Crippen LogP contribution in [0.5, 0.6) is 5.75 Å². The first-order valence-electron chi connectivity index (χ1n) is 7.35. The van der Waals surface area contributed by atoms with Crippen molar-refractivity contribution in [1.82, 2.24) is 10.2 Å². The maximum absolute atomic E-state index is 11.3. The predicted octanol–water partition coefficient (Wildman–Crippen LogP) is 2.36. The summed E-state index contributed by atoms with van der Waals surface area (Å²) in [4.78, 5) is 13.1. The Bertz CT molecular complexity index is 488. The molecule has 1 aromatic carbocycles. The van der Waals surface area contributed by atoms with Gasteiger partial charge in [-0.25, -0.2) is 4.79 Å². The number of para-hydroxylation sites is 1. The summed E-state index contributed by atoms with van der Waals surface area (Å²) in [5.74, 6) is 0.887. The molecule has 0 saturated carbocycles. The molecule has 1 aliphatic heterocycles. The van der Waals surface area contributed by atoms with E-state index >= 15 is 0 Å². The van der Waals surface area contributed by atoms with Gasteiger partial charge in [-0.15, -0.1) is 0 Å². The fraction of sp³-hybridized carbons (Fsp3) is 0.562. The van der Waals surface area contributed by atoms with E-state index in [0.29, 0.717) is 13.2 Å². The van der Waals surface area contributed by atoms with Crippen molar-refractivity contribution in [3.05, 3.63) is 29.8 Å². The van der Waals surface area contributed by atoms with Crippen LogP contribution in [0.15, 0.2) is 24.3 Å². The molecule has 1 fully saturated rings. The molecule has 0 aliphatic carbocycles. The van der Waals surface area contributed by atoms with Gasteiger partial charge in [-0.2, -0.15) is 0 Å². The summed E-state index contributed by atoms with van der Waals surface area (Å²) < 4.78 is 10.3. The summed E-state index contributed by atoms with van der Waals surface area (Å²) in [6.45, 7) is 7.04. The zero-order valence-electron chi connectivity index (χ0n) is 13.0. The van der Waals surface area contributed by atoms with Gasteiger partial charge in [-0.3, -0.25) is 0 Å². The van der Waals surface area contributed by atoms with Crippen LogP contribution in [0.1, 0.15) is 25.8 Å². The molecule has 1 aromatic rings. The van der Waals surface area contributed by atoms with Gasteiger partial charge < -0.3 is 19.7 Å². The van der Waals surface area contributed by atoms with Crippen LogP contribution >= 0.6 is 0 Å². The van der Waals surface area contributed by atoms with Crippen molar-refractivity contribution in [3.63, 3.8) is 0 Å². The quantitative estimate of drug-likeness (QED) is 0.784. The lowest BCUT2D eigenvalue weighted by Gasteiger charge is -2.29. The number of methoxy groups -OCH3 is 1. The molecule has 1 heterocycles. The molecule has 5 heteroatoms. The molecular formula is C16H24N2O3. The molecule has 1 N–H and O–H groups in total. The Morgan fingerprint density at radius 2 is 2.14 bits per heavy atom. The number of amides is 1. The highest BCUT2D eigenvalue weighted by molar-refractivity contribution is 5.69. The maximum Gasteiger partial charge on any atom is 0.409 e. The van der Waals surface area contributed by atoms with Crippen molar-refractivity contribution in [3.8, 4) is 5.75 Å². The first-order valence-corrected chi connectivity index (χ1v) is 7.35. The smallest absolute Gasteiger partial charge is 0.409 e. The minimum atomic E-state index is -0.195. The lowest BCUT2D eigenvalue weighted by molar-refractivity contribution is 0.158. The predicted molar refractivity (Wildman–Crippen MR) is 81.6 cm³/mol. The Balaban J connectivity index is 1.84. The van der Waals surface area contributed by atoms with Crippen LogP contribution < -0.4 is 10.1 Å². The van der Waals surface area contributed by atoms with Crippen molar-refractivity contribution < 1.29 is 14.3 Å². The normalized spacial score (nSPS) is 15.2. The fourth-order valence-electron chi connectivity index (χ4n) is 2.56. The number of carbonyl (C=O) groups is 1. The van der Waals surface area contributed by atoms with Crippen LogP contribution in [0.2, 0.25) is 0 Å². The van der Waals surface area contributed by atoms with Crippen LogP contribution in [-0.4, -0.2) is 44.3 Å². The summed E-state index contributed by atoms with van der Waals surface area (Å²) in [6.07, 6.45) is 0.701. The third-order valence-electron chi connectivity index (χ3n) is 3.80. The van der Waals surface area contributed by atoms with Crippen molar-refractivity contribution in [1.29, 1.82) is 0 Å². The molecule has 116 valence electrons.